The van der Waals surface area contributed by atoms with Crippen LogP contribution in [0.3, 0.4) is 0 Å². The van der Waals surface area contributed by atoms with Gasteiger partial charge in [0.2, 0.25) is 52.0 Å². The van der Waals surface area contributed by atoms with E-state index in [0.29, 0.717) is 22.6 Å². The highest BCUT2D eigenvalue weighted by atomic mass is 35.5. The predicted molar refractivity (Wildman–Crippen MR) is 256 cm³/mol. The molecule has 0 atom stereocenters. The van der Waals surface area contributed by atoms with Crippen LogP contribution in [0, 0.1) is 13.8 Å². The fourth-order valence-corrected chi connectivity index (χ4v) is 7.36. The minimum absolute atomic E-state index is 0.0301. The maximum atomic E-state index is 13.7. The van der Waals surface area contributed by atoms with Gasteiger partial charge in [0, 0.05) is 54.3 Å². The fourth-order valence-electron chi connectivity index (χ4n) is 6.92. The van der Waals surface area contributed by atoms with Crippen molar-refractivity contribution in [3.8, 4) is 0 Å². The number of carbonyl (C=O) groups is 9. The summed E-state index contributed by atoms with van der Waals surface area (Å²) in [4.78, 5) is 118. The predicted octanol–water partition coefficient (Wildman–Crippen LogP) is 7.33. The Morgan fingerprint density at radius 1 is 0.388 bits per heavy atom. The zero-order valence-electron chi connectivity index (χ0n) is 36.4. The number of ketones is 9. The molecule has 338 valence electrons. The summed E-state index contributed by atoms with van der Waals surface area (Å²) in [7, 11) is 0. The molecule has 3 aromatic rings. The lowest BCUT2D eigenvalue weighted by Gasteiger charge is -2.19. The summed E-state index contributed by atoms with van der Waals surface area (Å²) in [6.45, 7) is 8.11. The number of nitrogens with two attached hydrogens (primary N) is 1. The molecular formula is C50H40Cl2N6O9. The molecule has 0 spiro atoms. The normalized spacial score (nSPS) is 21.4. The number of halogens is 2. The highest BCUT2D eigenvalue weighted by Crippen LogP contribution is 2.35. The monoisotopic (exact) mass is 938 g/mol. The molecule has 0 amide bonds. The zero-order valence-corrected chi connectivity index (χ0v) is 37.9. The molecule has 3 aromatic carbocycles. The molecule has 17 heteroatoms. The van der Waals surface area contributed by atoms with Crippen molar-refractivity contribution >= 4 is 104 Å². The van der Waals surface area contributed by atoms with Gasteiger partial charge in [-0.05, 0) is 82.6 Å². The van der Waals surface area contributed by atoms with Crippen LogP contribution in [0.15, 0.2) is 160 Å². The van der Waals surface area contributed by atoms with Crippen LogP contribution >= 0.6 is 23.2 Å². The van der Waals surface area contributed by atoms with Gasteiger partial charge in [0.25, 0.3) is 0 Å². The molecule has 15 nitrogen and oxygen atoms in total. The Morgan fingerprint density at radius 3 is 1.07 bits per heavy atom. The van der Waals surface area contributed by atoms with Gasteiger partial charge in [-0.2, -0.15) is 0 Å². The summed E-state index contributed by atoms with van der Waals surface area (Å²) in [5, 5.41) is 14.4. The van der Waals surface area contributed by atoms with Crippen LogP contribution < -0.4 is 32.3 Å². The van der Waals surface area contributed by atoms with Gasteiger partial charge >= 0.3 is 0 Å². The van der Waals surface area contributed by atoms with Gasteiger partial charge in [-0.25, -0.2) is 0 Å². The second-order valence-corrected chi connectivity index (χ2v) is 15.7. The van der Waals surface area contributed by atoms with Crippen LogP contribution in [0.1, 0.15) is 31.9 Å². The first-order valence-corrected chi connectivity index (χ1v) is 21.0. The molecule has 0 radical (unpaired) electrons. The third-order valence-corrected chi connectivity index (χ3v) is 11.3. The molecule has 67 heavy (non-hydrogen) atoms. The van der Waals surface area contributed by atoms with E-state index < -0.39 is 57.6 Å². The summed E-state index contributed by atoms with van der Waals surface area (Å²) in [5.41, 5.74) is 6.35. The van der Waals surface area contributed by atoms with Gasteiger partial charge < -0.3 is 32.3 Å². The van der Waals surface area contributed by atoms with E-state index in [4.69, 9.17) is 28.9 Å². The molecule has 0 saturated heterocycles. The number of hydrogen-bond acceptors (Lipinski definition) is 15. The first-order chi connectivity index (χ1) is 31.9. The molecule has 3 saturated carbocycles. The Balaban J connectivity index is 1.19. The molecule has 0 bridgehead atoms. The number of aryl methyl sites for hydroxylation is 2. The number of hydrogen-bond donors (Lipinski definition) is 6. The van der Waals surface area contributed by atoms with Crippen LogP contribution in [0.25, 0.3) is 0 Å². The van der Waals surface area contributed by atoms with Gasteiger partial charge in [-0.3, -0.25) is 43.2 Å². The van der Waals surface area contributed by atoms with Crippen molar-refractivity contribution in [3.05, 3.63) is 181 Å². The van der Waals surface area contributed by atoms with Crippen LogP contribution in [-0.4, -0.2) is 52.0 Å². The van der Waals surface area contributed by atoms with Crippen LogP contribution in [-0.2, 0) is 43.2 Å². The Labute approximate surface area is 393 Å². The largest absolute Gasteiger partial charge is 0.404 e. The smallest absolute Gasteiger partial charge is 0.203 e. The van der Waals surface area contributed by atoms with Gasteiger partial charge in [0.15, 0.2) is 0 Å². The van der Waals surface area contributed by atoms with Crippen molar-refractivity contribution in [1.82, 2.24) is 0 Å². The molecule has 0 heterocycles. The Bertz CT molecular complexity index is 3030. The average molecular weight is 940 g/mol. The maximum Gasteiger partial charge on any atom is 0.203 e. The van der Waals surface area contributed by atoms with Crippen LogP contribution in [0.5, 0.6) is 0 Å². The highest BCUT2D eigenvalue weighted by molar-refractivity contribution is 6.53. The van der Waals surface area contributed by atoms with Crippen molar-refractivity contribution in [1.29, 1.82) is 0 Å². The number of anilines is 5. The van der Waals surface area contributed by atoms with E-state index in [-0.39, 0.29) is 66.0 Å². The Kier molecular flexibility index (Phi) is 14.6. The van der Waals surface area contributed by atoms with Crippen molar-refractivity contribution < 1.29 is 43.2 Å². The lowest BCUT2D eigenvalue weighted by atomic mass is 9.83. The first kappa shape index (κ1) is 48.2. The first-order valence-electron chi connectivity index (χ1n) is 20.3. The molecule has 0 aromatic heterocycles. The summed E-state index contributed by atoms with van der Waals surface area (Å²) in [6.07, 6.45) is 10.6. The quantitative estimate of drug-likeness (QED) is 0.0861. The summed E-state index contributed by atoms with van der Waals surface area (Å²) in [6, 6.07) is 14.8. The van der Waals surface area contributed by atoms with Gasteiger partial charge in [0.05, 0.1) is 71.6 Å². The fraction of sp³-hybridized carbons (Fsp3) is 0.100. The number of allylic oxidation sites excluding steroid dienone is 12. The second-order valence-electron chi connectivity index (χ2n) is 14.9. The number of carbonyl (C=O) groups excluding carboxylic acids is 9. The molecular weight excluding hydrogens is 899 g/mol. The van der Waals surface area contributed by atoms with Gasteiger partial charge in [0.1, 0.15) is 0 Å². The number of rotatable bonds is 10. The number of Topliss-reactive ketones (excluding diaryl/α,β-unsaturated/α-hetero) is 9. The third kappa shape index (κ3) is 9.73. The minimum Gasteiger partial charge on any atom is -0.404 e. The highest BCUT2D eigenvalue weighted by Gasteiger charge is 2.40. The molecule has 6 rings (SSSR count). The van der Waals surface area contributed by atoms with E-state index in [1.807, 2.05) is 19.1 Å². The molecule has 7 N–H and O–H groups in total. The van der Waals surface area contributed by atoms with Crippen molar-refractivity contribution in [3.63, 3.8) is 0 Å². The average Bonchev–Trinajstić information content (AvgIpc) is 3.29. The zero-order chi connectivity index (χ0) is 48.9. The Morgan fingerprint density at radius 2 is 0.701 bits per heavy atom. The Hall–Kier alpha value is -8.27. The summed E-state index contributed by atoms with van der Waals surface area (Å²) < 4.78 is 0. The van der Waals surface area contributed by atoms with Crippen LogP contribution in [0.2, 0.25) is 10.0 Å². The molecule has 0 aliphatic heterocycles. The van der Waals surface area contributed by atoms with E-state index in [9.17, 15) is 43.2 Å². The standard InChI is InChI=1S/C50H40Cl2N6O9/c1-6-28-42(59)31(18-53)48(65)32(43(28)60)20-55-27-13-14-39(25(5)15-27)56-21-34-45(62)30(8-3)47(64)36(50(34)67)23-58-41-17-37(51)40(16-38(41)52)57-22-35-46(63)29(7-2)44(61)33(49(35)66)19-54-26-11-9-24(4)10-12-26/h6-23,54-58H,53H2,1-5H3/b28-6-,29-7+,30-8-,31-18+,32-20-,33-19-,34-21+,35-22+,36-23-. The third-order valence-electron chi connectivity index (χ3n) is 10.7. The van der Waals surface area contributed by atoms with E-state index in [1.54, 1.807) is 37.3 Å². The van der Waals surface area contributed by atoms with Crippen molar-refractivity contribution in [2.24, 2.45) is 5.73 Å². The lowest BCUT2D eigenvalue weighted by Crippen LogP contribution is -2.32. The van der Waals surface area contributed by atoms with Crippen LogP contribution in [0.4, 0.5) is 28.4 Å². The maximum absolute atomic E-state index is 13.7. The second kappa shape index (κ2) is 20.3. The van der Waals surface area contributed by atoms with Gasteiger partial charge in [-0.1, -0.05) is 59.1 Å². The molecule has 3 fully saturated rings. The minimum atomic E-state index is -0.898. The van der Waals surface area contributed by atoms with E-state index >= 15 is 0 Å². The lowest BCUT2D eigenvalue weighted by molar-refractivity contribution is -0.126. The topological polar surface area (TPSA) is 240 Å². The SMILES string of the molecule is C/C=C1\C(=O)/C(=C/Nc2ccc(N/C=C3\C(=O)/C(=C/C)C(=O)/C(=C/Nc4cc(Cl)c(N/C=C5/C(=O)/C(=C\Nc6ccc(C)cc6)C(=O)/C(=C\C)C5=O)cc4Cl)C3=O)c(C)c2)C(=O)/C(=C/N)C1=O. The summed E-state index contributed by atoms with van der Waals surface area (Å²) >= 11 is 13.2. The van der Waals surface area contributed by atoms with Crippen molar-refractivity contribution in [2.45, 2.75) is 34.6 Å². The van der Waals surface area contributed by atoms with E-state index in [2.05, 4.69) is 26.6 Å². The number of benzene rings is 3. The number of nitrogens with one attached hydrogen (secondary N) is 5. The summed E-state index contributed by atoms with van der Waals surface area (Å²) in [5.74, 6) is -7.21. The molecule has 0 unspecified atom stereocenters. The molecule has 3 aliphatic carbocycles. The van der Waals surface area contributed by atoms with Crippen molar-refractivity contribution in [2.75, 3.05) is 26.6 Å². The van der Waals surface area contributed by atoms with E-state index in [0.717, 1.165) is 24.2 Å². The van der Waals surface area contributed by atoms with Gasteiger partial charge in [-0.15, -0.1) is 0 Å². The van der Waals surface area contributed by atoms with E-state index in [1.165, 1.54) is 69.7 Å². The molecule has 3 aliphatic rings.